The predicted octanol–water partition coefficient (Wildman–Crippen LogP) is 6.07. The van der Waals surface area contributed by atoms with Gasteiger partial charge in [0.1, 0.15) is 5.54 Å². The van der Waals surface area contributed by atoms with Crippen molar-refractivity contribution in [2.45, 2.75) is 5.54 Å². The quantitative estimate of drug-likeness (QED) is 0.469. The van der Waals surface area contributed by atoms with E-state index in [1.165, 1.54) is 33.5 Å². The molecule has 1 aliphatic heterocycles. The van der Waals surface area contributed by atoms with Gasteiger partial charge in [0.2, 0.25) is 0 Å². The van der Waals surface area contributed by atoms with Crippen molar-refractivity contribution >= 4 is 5.69 Å². The Balaban J connectivity index is 1.90. The molecule has 1 heterocycles. The molecule has 1 aliphatic rings. The molecule has 0 radical (unpaired) electrons. The van der Waals surface area contributed by atoms with Crippen LogP contribution in [0.25, 0.3) is 11.1 Å². The van der Waals surface area contributed by atoms with Crippen LogP contribution in [0, 0.1) is 0 Å². The molecule has 0 amide bonds. The number of hydrogen-bond donors (Lipinski definition) is 1. The van der Waals surface area contributed by atoms with Crippen LogP contribution in [0.15, 0.2) is 109 Å². The lowest BCUT2D eigenvalue weighted by molar-refractivity contribution is 0.707. The number of rotatable bonds is 2. The van der Waals surface area contributed by atoms with Gasteiger partial charge in [-0.15, -0.1) is 0 Å². The first-order valence-electron chi connectivity index (χ1n) is 8.98. The van der Waals surface area contributed by atoms with Crippen LogP contribution in [0.4, 0.5) is 5.69 Å². The molecule has 0 spiro atoms. The summed E-state index contributed by atoms with van der Waals surface area (Å²) >= 11 is 0. The Bertz CT molecular complexity index is 1010. The van der Waals surface area contributed by atoms with Gasteiger partial charge in [-0.3, -0.25) is 0 Å². The topological polar surface area (TPSA) is 12.0 Å². The molecule has 1 heteroatoms. The molecule has 0 fully saturated rings. The second-order valence-corrected chi connectivity index (χ2v) is 6.70. The Morgan fingerprint density at radius 1 is 0.462 bits per heavy atom. The standard InChI is InChI=1S/C25H19N/c1-3-11-19(12-4-1)25(20-13-5-2-6-14-20)23-17-9-7-15-21(23)22-16-8-10-18-24(22)26-25/h1-18,26H. The van der Waals surface area contributed by atoms with E-state index >= 15 is 0 Å². The second-order valence-electron chi connectivity index (χ2n) is 6.70. The molecule has 1 nitrogen and oxygen atoms in total. The molecular weight excluding hydrogens is 314 g/mol. The highest BCUT2D eigenvalue weighted by Crippen LogP contribution is 2.49. The van der Waals surface area contributed by atoms with E-state index in [0.717, 1.165) is 0 Å². The van der Waals surface area contributed by atoms with Crippen molar-refractivity contribution in [2.24, 2.45) is 0 Å². The first-order valence-corrected chi connectivity index (χ1v) is 8.98. The summed E-state index contributed by atoms with van der Waals surface area (Å²) in [6.07, 6.45) is 0. The van der Waals surface area contributed by atoms with E-state index in [-0.39, 0.29) is 0 Å². The Labute approximate surface area is 154 Å². The molecule has 0 saturated heterocycles. The molecule has 0 atom stereocenters. The summed E-state index contributed by atoms with van der Waals surface area (Å²) in [6, 6.07) is 38.8. The Hall–Kier alpha value is -3.32. The largest absolute Gasteiger partial charge is 0.367 e. The van der Waals surface area contributed by atoms with Gasteiger partial charge in [-0.25, -0.2) is 0 Å². The van der Waals surface area contributed by atoms with Crippen LogP contribution >= 0.6 is 0 Å². The average Bonchev–Trinajstić information content (AvgIpc) is 2.74. The Morgan fingerprint density at radius 3 is 1.62 bits per heavy atom. The molecule has 4 aromatic carbocycles. The maximum Gasteiger partial charge on any atom is 0.114 e. The minimum absolute atomic E-state index is 0.409. The molecule has 0 saturated carbocycles. The first-order chi connectivity index (χ1) is 12.9. The van der Waals surface area contributed by atoms with Gasteiger partial charge in [-0.05, 0) is 28.3 Å². The Kier molecular flexibility index (Phi) is 3.39. The third-order valence-corrected chi connectivity index (χ3v) is 5.28. The SMILES string of the molecule is c1ccc(C2(c3ccccc3)Nc3ccccc3-c3ccccc32)cc1. The van der Waals surface area contributed by atoms with Crippen LogP contribution in [0.1, 0.15) is 16.7 Å². The van der Waals surface area contributed by atoms with Crippen molar-refractivity contribution in [3.63, 3.8) is 0 Å². The molecule has 0 bridgehead atoms. The van der Waals surface area contributed by atoms with Crippen molar-refractivity contribution in [1.82, 2.24) is 0 Å². The molecule has 124 valence electrons. The zero-order valence-electron chi connectivity index (χ0n) is 14.4. The summed E-state index contributed by atoms with van der Waals surface area (Å²) < 4.78 is 0. The third-order valence-electron chi connectivity index (χ3n) is 5.28. The zero-order chi connectivity index (χ0) is 17.4. The summed E-state index contributed by atoms with van der Waals surface area (Å²) in [7, 11) is 0. The van der Waals surface area contributed by atoms with Gasteiger partial charge in [0.05, 0.1) is 0 Å². The van der Waals surface area contributed by atoms with Crippen molar-refractivity contribution < 1.29 is 0 Å². The molecule has 26 heavy (non-hydrogen) atoms. The van der Waals surface area contributed by atoms with Crippen molar-refractivity contribution in [2.75, 3.05) is 5.32 Å². The van der Waals surface area contributed by atoms with Crippen LogP contribution < -0.4 is 5.32 Å². The van der Waals surface area contributed by atoms with Gasteiger partial charge in [0.25, 0.3) is 0 Å². The summed E-state index contributed by atoms with van der Waals surface area (Å²) in [5, 5.41) is 3.90. The van der Waals surface area contributed by atoms with Gasteiger partial charge < -0.3 is 5.32 Å². The fourth-order valence-electron chi connectivity index (χ4n) is 4.14. The molecule has 1 N–H and O–H groups in total. The van der Waals surface area contributed by atoms with E-state index in [0.29, 0.717) is 0 Å². The van der Waals surface area contributed by atoms with Gasteiger partial charge in [0, 0.05) is 11.3 Å². The van der Waals surface area contributed by atoms with E-state index < -0.39 is 5.54 Å². The number of anilines is 1. The molecule has 4 aromatic rings. The van der Waals surface area contributed by atoms with E-state index in [1.54, 1.807) is 0 Å². The third kappa shape index (κ3) is 2.11. The van der Waals surface area contributed by atoms with Crippen LogP contribution in [0.2, 0.25) is 0 Å². The number of benzene rings is 4. The molecule has 5 rings (SSSR count). The monoisotopic (exact) mass is 333 g/mol. The molecule has 0 aromatic heterocycles. The van der Waals surface area contributed by atoms with E-state index in [9.17, 15) is 0 Å². The predicted molar refractivity (Wildman–Crippen MR) is 108 cm³/mol. The van der Waals surface area contributed by atoms with Crippen LogP contribution in [0.3, 0.4) is 0 Å². The average molecular weight is 333 g/mol. The number of fused-ring (bicyclic) bond motifs is 3. The Morgan fingerprint density at radius 2 is 0.962 bits per heavy atom. The zero-order valence-corrected chi connectivity index (χ0v) is 14.4. The summed E-state index contributed by atoms with van der Waals surface area (Å²) in [5.41, 5.74) is 7.07. The number of para-hydroxylation sites is 1. The summed E-state index contributed by atoms with van der Waals surface area (Å²) in [5.74, 6) is 0. The van der Waals surface area contributed by atoms with Crippen molar-refractivity contribution in [1.29, 1.82) is 0 Å². The maximum atomic E-state index is 3.90. The normalized spacial score (nSPS) is 14.0. The lowest BCUT2D eigenvalue weighted by Gasteiger charge is -2.42. The van der Waals surface area contributed by atoms with Gasteiger partial charge in [-0.2, -0.15) is 0 Å². The highest BCUT2D eigenvalue weighted by molar-refractivity contribution is 5.87. The van der Waals surface area contributed by atoms with Crippen LogP contribution in [-0.4, -0.2) is 0 Å². The second kappa shape index (κ2) is 5.89. The van der Waals surface area contributed by atoms with Crippen LogP contribution in [-0.2, 0) is 5.54 Å². The maximum absolute atomic E-state index is 3.90. The smallest absolute Gasteiger partial charge is 0.114 e. The van der Waals surface area contributed by atoms with Crippen LogP contribution in [0.5, 0.6) is 0 Å². The van der Waals surface area contributed by atoms with E-state index in [1.807, 2.05) is 0 Å². The van der Waals surface area contributed by atoms with Gasteiger partial charge in [0.15, 0.2) is 0 Å². The lowest BCUT2D eigenvalue weighted by atomic mass is 9.72. The van der Waals surface area contributed by atoms with E-state index in [2.05, 4.69) is 115 Å². The lowest BCUT2D eigenvalue weighted by Crippen LogP contribution is -2.40. The molecule has 0 unspecified atom stereocenters. The minimum atomic E-state index is -0.409. The fraction of sp³-hybridized carbons (Fsp3) is 0.0400. The fourth-order valence-corrected chi connectivity index (χ4v) is 4.14. The minimum Gasteiger partial charge on any atom is -0.367 e. The molecule has 0 aliphatic carbocycles. The van der Waals surface area contributed by atoms with Gasteiger partial charge in [-0.1, -0.05) is 103 Å². The molecular formula is C25H19N. The highest BCUT2D eigenvalue weighted by Gasteiger charge is 2.41. The summed E-state index contributed by atoms with van der Waals surface area (Å²) in [4.78, 5) is 0. The number of nitrogens with one attached hydrogen (secondary N) is 1. The van der Waals surface area contributed by atoms with Crippen molar-refractivity contribution in [3.05, 3.63) is 126 Å². The van der Waals surface area contributed by atoms with Crippen molar-refractivity contribution in [3.8, 4) is 11.1 Å². The van der Waals surface area contributed by atoms with E-state index in [4.69, 9.17) is 0 Å². The first kappa shape index (κ1) is 15.0. The van der Waals surface area contributed by atoms with Gasteiger partial charge >= 0.3 is 0 Å². The highest BCUT2D eigenvalue weighted by atomic mass is 15.0. The summed E-state index contributed by atoms with van der Waals surface area (Å²) in [6.45, 7) is 0. The number of hydrogen-bond acceptors (Lipinski definition) is 1.